The van der Waals surface area contributed by atoms with E-state index >= 15 is 0 Å². The van der Waals surface area contributed by atoms with Gasteiger partial charge in [-0.1, -0.05) is 55.7 Å². The van der Waals surface area contributed by atoms with E-state index in [0.717, 1.165) is 42.4 Å². The molecule has 33 heavy (non-hydrogen) atoms. The van der Waals surface area contributed by atoms with Crippen LogP contribution in [0.2, 0.25) is 0 Å². The summed E-state index contributed by atoms with van der Waals surface area (Å²) < 4.78 is 0. The van der Waals surface area contributed by atoms with Gasteiger partial charge in [-0.25, -0.2) is 0 Å². The molecule has 170 valence electrons. The Bertz CT molecular complexity index is 1070. The number of rotatable bonds is 4. The zero-order valence-electron chi connectivity index (χ0n) is 18.7. The van der Waals surface area contributed by atoms with Crippen LogP contribution in [-0.4, -0.2) is 58.5 Å². The Balaban J connectivity index is 1.34. The summed E-state index contributed by atoms with van der Waals surface area (Å²) in [5, 5.41) is 19.0. The standard InChI is InChI=1S/C27H29N3O3/c28-14-18-6-8-19(9-7-18)20-10-12-21(13-11-20)26-23-15-29(16-25(32)30(23)24(26)17-31)27(33)22-4-2-1-3-5-22/h6-13,22-24,26,31H,1-5,15-17H2/t23-,24+,26-/m0/s1. The van der Waals surface area contributed by atoms with Gasteiger partial charge in [-0.15, -0.1) is 0 Å². The van der Waals surface area contributed by atoms with Crippen molar-refractivity contribution in [2.45, 2.75) is 50.1 Å². The zero-order valence-corrected chi connectivity index (χ0v) is 18.7. The van der Waals surface area contributed by atoms with E-state index in [9.17, 15) is 14.7 Å². The summed E-state index contributed by atoms with van der Waals surface area (Å²) >= 11 is 0. The summed E-state index contributed by atoms with van der Waals surface area (Å²) in [6.45, 7) is 0.590. The lowest BCUT2D eigenvalue weighted by molar-refractivity contribution is -0.168. The van der Waals surface area contributed by atoms with Crippen LogP contribution >= 0.6 is 0 Å². The molecule has 6 nitrogen and oxygen atoms in total. The van der Waals surface area contributed by atoms with Gasteiger partial charge in [0.2, 0.25) is 11.8 Å². The first-order chi connectivity index (χ1) is 16.1. The second-order valence-corrected chi connectivity index (χ2v) is 9.51. The third-order valence-electron chi connectivity index (χ3n) is 7.66. The van der Waals surface area contributed by atoms with Crippen LogP contribution in [0.5, 0.6) is 0 Å². The molecule has 2 aromatic carbocycles. The molecule has 2 aliphatic heterocycles. The zero-order chi connectivity index (χ0) is 22.9. The molecule has 3 fully saturated rings. The molecule has 3 aliphatic rings. The van der Waals surface area contributed by atoms with E-state index in [1.54, 1.807) is 21.9 Å². The molecule has 3 atom stereocenters. The van der Waals surface area contributed by atoms with Crippen LogP contribution in [0.1, 0.15) is 49.1 Å². The first-order valence-corrected chi connectivity index (χ1v) is 11.9. The first kappa shape index (κ1) is 21.7. The molecule has 1 N–H and O–H groups in total. The summed E-state index contributed by atoms with van der Waals surface area (Å²) in [5.74, 6) is 0.137. The molecular formula is C27H29N3O3. The maximum Gasteiger partial charge on any atom is 0.242 e. The van der Waals surface area contributed by atoms with Gasteiger partial charge >= 0.3 is 0 Å². The third kappa shape index (κ3) is 3.91. The van der Waals surface area contributed by atoms with Crippen LogP contribution in [0.25, 0.3) is 11.1 Å². The number of carbonyl (C=O) groups is 2. The molecule has 2 amide bonds. The first-order valence-electron chi connectivity index (χ1n) is 11.9. The summed E-state index contributed by atoms with van der Waals surface area (Å²) in [7, 11) is 0. The van der Waals surface area contributed by atoms with Crippen LogP contribution in [0, 0.1) is 17.2 Å². The minimum Gasteiger partial charge on any atom is -0.394 e. The molecule has 2 heterocycles. The average Bonchev–Trinajstić information content (AvgIpc) is 2.86. The predicted octanol–water partition coefficient (Wildman–Crippen LogP) is 3.30. The molecule has 2 aromatic rings. The van der Waals surface area contributed by atoms with Crippen LogP contribution in [0.4, 0.5) is 0 Å². The fraction of sp³-hybridized carbons (Fsp3) is 0.444. The number of amides is 2. The highest BCUT2D eigenvalue weighted by Crippen LogP contribution is 2.43. The number of aliphatic hydroxyl groups excluding tert-OH is 1. The van der Waals surface area contributed by atoms with Gasteiger partial charge in [-0.2, -0.15) is 5.26 Å². The summed E-state index contributed by atoms with van der Waals surface area (Å²) in [6.07, 6.45) is 5.23. The quantitative estimate of drug-likeness (QED) is 0.786. The molecule has 1 aliphatic carbocycles. The van der Waals surface area contributed by atoms with Crippen molar-refractivity contribution in [2.75, 3.05) is 19.7 Å². The Labute approximate surface area is 194 Å². The van der Waals surface area contributed by atoms with Crippen molar-refractivity contribution >= 4 is 11.8 Å². The molecule has 6 heteroatoms. The van der Waals surface area contributed by atoms with E-state index in [0.29, 0.717) is 12.1 Å². The highest BCUT2D eigenvalue weighted by atomic mass is 16.3. The SMILES string of the molecule is N#Cc1ccc(-c2ccc([C@@H]3[C@@H](CO)N4C(=O)CN(C(=O)C5CCCCC5)C[C@@H]34)cc2)cc1. The highest BCUT2D eigenvalue weighted by molar-refractivity contribution is 5.88. The largest absolute Gasteiger partial charge is 0.394 e. The molecule has 0 aromatic heterocycles. The topological polar surface area (TPSA) is 84.6 Å². The monoisotopic (exact) mass is 443 g/mol. The maximum absolute atomic E-state index is 13.1. The Kier molecular flexibility index (Phi) is 5.90. The van der Waals surface area contributed by atoms with E-state index in [1.807, 2.05) is 24.3 Å². The van der Waals surface area contributed by atoms with Crippen LogP contribution in [-0.2, 0) is 9.59 Å². The van der Waals surface area contributed by atoms with Crippen molar-refractivity contribution in [1.82, 2.24) is 9.80 Å². The van der Waals surface area contributed by atoms with Gasteiger partial charge in [0, 0.05) is 18.4 Å². The van der Waals surface area contributed by atoms with E-state index < -0.39 is 0 Å². The molecule has 0 unspecified atom stereocenters. The van der Waals surface area contributed by atoms with Crippen LogP contribution in [0.15, 0.2) is 48.5 Å². The van der Waals surface area contributed by atoms with Crippen molar-refractivity contribution < 1.29 is 14.7 Å². The Morgan fingerprint density at radius 1 is 1.00 bits per heavy atom. The molecule has 1 saturated carbocycles. The number of carbonyl (C=O) groups excluding carboxylic acids is 2. The predicted molar refractivity (Wildman–Crippen MR) is 124 cm³/mol. The minimum absolute atomic E-state index is 0.0101. The Morgan fingerprint density at radius 3 is 2.24 bits per heavy atom. The van der Waals surface area contributed by atoms with E-state index in [4.69, 9.17) is 5.26 Å². The second-order valence-electron chi connectivity index (χ2n) is 9.51. The Hall–Kier alpha value is -3.17. The molecular weight excluding hydrogens is 414 g/mol. The van der Waals surface area contributed by atoms with Gasteiger partial charge in [0.25, 0.3) is 0 Å². The van der Waals surface area contributed by atoms with Crippen molar-refractivity contribution in [3.63, 3.8) is 0 Å². The van der Waals surface area contributed by atoms with Crippen molar-refractivity contribution in [1.29, 1.82) is 5.26 Å². The van der Waals surface area contributed by atoms with Crippen LogP contribution in [0.3, 0.4) is 0 Å². The van der Waals surface area contributed by atoms with E-state index in [2.05, 4.69) is 18.2 Å². The average molecular weight is 444 g/mol. The lowest BCUT2D eigenvalue weighted by Gasteiger charge is -2.59. The molecule has 0 spiro atoms. The fourth-order valence-corrected chi connectivity index (χ4v) is 5.91. The smallest absolute Gasteiger partial charge is 0.242 e. The van der Waals surface area contributed by atoms with E-state index in [-0.39, 0.29) is 48.9 Å². The third-order valence-corrected chi connectivity index (χ3v) is 7.66. The number of aliphatic hydroxyl groups is 1. The lowest BCUT2D eigenvalue weighted by atomic mass is 9.73. The molecule has 5 rings (SSSR count). The lowest BCUT2D eigenvalue weighted by Crippen LogP contribution is -2.73. The minimum atomic E-state index is -0.241. The summed E-state index contributed by atoms with van der Waals surface area (Å²) in [4.78, 5) is 29.6. The summed E-state index contributed by atoms with van der Waals surface area (Å²) in [6, 6.07) is 17.5. The number of hydrogen-bond acceptors (Lipinski definition) is 4. The number of benzene rings is 2. The molecule has 0 bridgehead atoms. The number of nitriles is 1. The van der Waals surface area contributed by atoms with Crippen LogP contribution < -0.4 is 0 Å². The van der Waals surface area contributed by atoms with Gasteiger partial charge < -0.3 is 14.9 Å². The summed E-state index contributed by atoms with van der Waals surface area (Å²) in [5.41, 5.74) is 3.79. The van der Waals surface area contributed by atoms with E-state index in [1.165, 1.54) is 6.42 Å². The molecule has 0 radical (unpaired) electrons. The van der Waals surface area contributed by atoms with Gasteiger partial charge in [-0.05, 0) is 41.7 Å². The maximum atomic E-state index is 13.1. The molecule has 2 saturated heterocycles. The second kappa shape index (κ2) is 8.99. The normalized spacial score (nSPS) is 25.2. The highest BCUT2D eigenvalue weighted by Gasteiger charge is 2.54. The van der Waals surface area contributed by atoms with Gasteiger partial charge in [0.15, 0.2) is 0 Å². The Morgan fingerprint density at radius 2 is 1.64 bits per heavy atom. The van der Waals surface area contributed by atoms with Crippen molar-refractivity contribution in [3.05, 3.63) is 59.7 Å². The van der Waals surface area contributed by atoms with Gasteiger partial charge in [0.05, 0.1) is 36.9 Å². The number of nitrogens with zero attached hydrogens (tertiary/aromatic N) is 3. The van der Waals surface area contributed by atoms with Gasteiger partial charge in [-0.3, -0.25) is 9.59 Å². The number of fused-ring (bicyclic) bond motifs is 1. The number of hydrogen-bond donors (Lipinski definition) is 1. The van der Waals surface area contributed by atoms with Gasteiger partial charge in [0.1, 0.15) is 0 Å². The van der Waals surface area contributed by atoms with Crippen molar-refractivity contribution in [3.8, 4) is 17.2 Å². The van der Waals surface area contributed by atoms with Crippen molar-refractivity contribution in [2.24, 2.45) is 5.92 Å². The number of piperazine rings is 1. The fourth-order valence-electron chi connectivity index (χ4n) is 5.91.